The van der Waals surface area contributed by atoms with E-state index in [1.807, 2.05) is 6.07 Å². The first kappa shape index (κ1) is 20.6. The number of nitrogen functional groups attached to an aromatic ring is 1. The molecule has 0 aliphatic carbocycles. The number of nitrogens with one attached hydrogen (secondary N) is 1. The molecule has 1 heterocycles. The maximum atomic E-state index is 12.5. The van der Waals surface area contributed by atoms with Crippen LogP contribution in [0.25, 0.3) is 0 Å². The number of aromatic amines is 1. The van der Waals surface area contributed by atoms with Crippen LogP contribution in [0, 0.1) is 0 Å². The number of benzene rings is 2. The Kier molecular flexibility index (Phi) is 6.11. The van der Waals surface area contributed by atoms with Crippen LogP contribution >= 0.6 is 0 Å². The molecule has 154 valence electrons. The SMILES string of the molecule is CN(C(=O)COC(=O)c1ccccc1)c1c(N)n(Cc2ccccc2)c(=O)[nH]c1=O. The lowest BCUT2D eigenvalue weighted by Gasteiger charge is -2.20. The Balaban J connectivity index is 1.81. The van der Waals surface area contributed by atoms with Crippen molar-refractivity contribution >= 4 is 23.4 Å². The van der Waals surface area contributed by atoms with Crippen LogP contribution < -0.4 is 21.9 Å². The summed E-state index contributed by atoms with van der Waals surface area (Å²) in [4.78, 5) is 52.2. The maximum absolute atomic E-state index is 12.5. The number of anilines is 2. The van der Waals surface area contributed by atoms with Crippen molar-refractivity contribution in [1.29, 1.82) is 0 Å². The molecule has 3 aromatic rings. The van der Waals surface area contributed by atoms with Crippen LogP contribution in [0.1, 0.15) is 15.9 Å². The summed E-state index contributed by atoms with van der Waals surface area (Å²) in [7, 11) is 1.32. The van der Waals surface area contributed by atoms with Crippen molar-refractivity contribution in [2.75, 3.05) is 24.3 Å². The zero-order valence-electron chi connectivity index (χ0n) is 16.2. The average Bonchev–Trinajstić information content (AvgIpc) is 2.75. The number of hydrogen-bond donors (Lipinski definition) is 2. The van der Waals surface area contributed by atoms with Gasteiger partial charge in [0.25, 0.3) is 11.5 Å². The van der Waals surface area contributed by atoms with E-state index < -0.39 is 29.7 Å². The lowest BCUT2D eigenvalue weighted by Crippen LogP contribution is -2.40. The highest BCUT2D eigenvalue weighted by Gasteiger charge is 2.22. The van der Waals surface area contributed by atoms with Crippen LogP contribution in [0.15, 0.2) is 70.3 Å². The highest BCUT2D eigenvalue weighted by Crippen LogP contribution is 2.16. The fourth-order valence-corrected chi connectivity index (χ4v) is 2.83. The summed E-state index contributed by atoms with van der Waals surface area (Å²) in [5.41, 5.74) is 5.43. The molecule has 0 atom stereocenters. The van der Waals surface area contributed by atoms with E-state index in [1.165, 1.54) is 7.05 Å². The third-order valence-corrected chi connectivity index (χ3v) is 4.44. The standard InChI is InChI=1S/C21H20N4O5/c1-24(16(26)13-30-20(28)15-10-6-3-7-11-15)17-18(22)25(21(29)23-19(17)27)12-14-8-4-2-5-9-14/h2-11H,12-13,22H2,1H3,(H,23,27,29). The van der Waals surface area contributed by atoms with Crippen LogP contribution in [0.2, 0.25) is 0 Å². The Morgan fingerprint density at radius 3 is 2.27 bits per heavy atom. The van der Waals surface area contributed by atoms with Crippen LogP contribution in [-0.2, 0) is 16.1 Å². The lowest BCUT2D eigenvalue weighted by molar-refractivity contribution is -0.121. The summed E-state index contributed by atoms with van der Waals surface area (Å²) in [6.45, 7) is -0.485. The minimum atomic E-state index is -0.813. The van der Waals surface area contributed by atoms with E-state index in [2.05, 4.69) is 4.98 Å². The van der Waals surface area contributed by atoms with E-state index in [9.17, 15) is 19.2 Å². The van der Waals surface area contributed by atoms with Gasteiger partial charge in [-0.2, -0.15) is 0 Å². The number of rotatable bonds is 6. The number of ether oxygens (including phenoxy) is 1. The molecule has 0 aliphatic rings. The average molecular weight is 408 g/mol. The van der Waals surface area contributed by atoms with Crippen LogP contribution in [0.5, 0.6) is 0 Å². The largest absolute Gasteiger partial charge is 0.452 e. The quantitative estimate of drug-likeness (QED) is 0.586. The second-order valence-electron chi connectivity index (χ2n) is 6.46. The summed E-state index contributed by atoms with van der Waals surface area (Å²) in [6.07, 6.45) is 0. The minimum Gasteiger partial charge on any atom is -0.452 e. The molecule has 0 radical (unpaired) electrons. The molecule has 3 N–H and O–H groups in total. The van der Waals surface area contributed by atoms with Crippen molar-refractivity contribution in [1.82, 2.24) is 9.55 Å². The highest BCUT2D eigenvalue weighted by atomic mass is 16.5. The number of amides is 1. The van der Waals surface area contributed by atoms with Crippen molar-refractivity contribution in [2.24, 2.45) is 0 Å². The van der Waals surface area contributed by atoms with Crippen LogP contribution in [0.4, 0.5) is 11.5 Å². The van der Waals surface area contributed by atoms with Gasteiger partial charge in [-0.25, -0.2) is 9.59 Å². The summed E-state index contributed by atoms with van der Waals surface area (Å²) >= 11 is 0. The summed E-state index contributed by atoms with van der Waals surface area (Å²) in [5.74, 6) is -1.52. The number of carbonyl (C=O) groups is 2. The van der Waals surface area contributed by atoms with Crippen molar-refractivity contribution in [3.8, 4) is 0 Å². The molecule has 30 heavy (non-hydrogen) atoms. The van der Waals surface area contributed by atoms with Gasteiger partial charge in [-0.3, -0.25) is 19.1 Å². The number of likely N-dealkylation sites (N-methyl/N-ethyl adjacent to an activating group) is 1. The number of aromatic nitrogens is 2. The molecule has 9 heteroatoms. The molecular weight excluding hydrogens is 388 g/mol. The monoisotopic (exact) mass is 408 g/mol. The number of esters is 1. The van der Waals surface area contributed by atoms with E-state index in [4.69, 9.17) is 10.5 Å². The number of nitrogens with zero attached hydrogens (tertiary/aromatic N) is 2. The van der Waals surface area contributed by atoms with Gasteiger partial charge in [0.2, 0.25) is 0 Å². The summed E-state index contributed by atoms with van der Waals surface area (Å²) in [5, 5.41) is 0. The van der Waals surface area contributed by atoms with Crippen LogP contribution in [0.3, 0.4) is 0 Å². The second-order valence-corrected chi connectivity index (χ2v) is 6.46. The summed E-state index contributed by atoms with van der Waals surface area (Å²) < 4.78 is 6.17. The molecule has 0 spiro atoms. The Morgan fingerprint density at radius 2 is 1.63 bits per heavy atom. The molecule has 0 saturated heterocycles. The van der Waals surface area contributed by atoms with Crippen molar-refractivity contribution in [3.63, 3.8) is 0 Å². The van der Waals surface area contributed by atoms with Gasteiger partial charge in [0.1, 0.15) is 5.82 Å². The molecule has 0 fully saturated rings. The van der Waals surface area contributed by atoms with Gasteiger partial charge < -0.3 is 15.4 Å². The lowest BCUT2D eigenvalue weighted by atomic mass is 10.2. The predicted molar refractivity (Wildman–Crippen MR) is 111 cm³/mol. The van der Waals surface area contributed by atoms with E-state index in [0.29, 0.717) is 5.56 Å². The van der Waals surface area contributed by atoms with E-state index in [1.54, 1.807) is 54.6 Å². The minimum absolute atomic E-state index is 0.111. The Bertz CT molecular complexity index is 1170. The molecule has 0 aliphatic heterocycles. The first-order valence-corrected chi connectivity index (χ1v) is 9.03. The van der Waals surface area contributed by atoms with Gasteiger partial charge in [0.15, 0.2) is 12.3 Å². The molecule has 1 amide bonds. The van der Waals surface area contributed by atoms with Gasteiger partial charge in [0, 0.05) is 7.05 Å². The third-order valence-electron chi connectivity index (χ3n) is 4.44. The Labute approximate surface area is 171 Å². The van der Waals surface area contributed by atoms with E-state index in [-0.39, 0.29) is 18.1 Å². The maximum Gasteiger partial charge on any atom is 0.338 e. The van der Waals surface area contributed by atoms with Crippen molar-refractivity contribution in [3.05, 3.63) is 92.6 Å². The third kappa shape index (κ3) is 4.46. The normalized spacial score (nSPS) is 10.4. The number of nitrogens with two attached hydrogens (primary N) is 1. The van der Waals surface area contributed by atoms with Gasteiger partial charge in [-0.15, -0.1) is 0 Å². The molecule has 0 unspecified atom stereocenters. The number of H-pyrrole nitrogens is 1. The number of carbonyl (C=O) groups excluding carboxylic acids is 2. The van der Waals surface area contributed by atoms with E-state index in [0.717, 1.165) is 15.0 Å². The number of hydrogen-bond acceptors (Lipinski definition) is 6. The fourth-order valence-electron chi connectivity index (χ4n) is 2.83. The van der Waals surface area contributed by atoms with Gasteiger partial charge >= 0.3 is 11.7 Å². The van der Waals surface area contributed by atoms with Crippen molar-refractivity contribution in [2.45, 2.75) is 6.54 Å². The zero-order chi connectivity index (χ0) is 21.7. The van der Waals surface area contributed by atoms with Crippen LogP contribution in [-0.4, -0.2) is 35.1 Å². The van der Waals surface area contributed by atoms with Crippen molar-refractivity contribution < 1.29 is 14.3 Å². The topological polar surface area (TPSA) is 127 Å². The summed E-state index contributed by atoms with van der Waals surface area (Å²) in [6, 6.07) is 17.2. The van der Waals surface area contributed by atoms with Gasteiger partial charge in [-0.05, 0) is 17.7 Å². The molecule has 9 nitrogen and oxygen atoms in total. The smallest absolute Gasteiger partial charge is 0.338 e. The molecule has 0 bridgehead atoms. The molecular formula is C21H20N4O5. The zero-order valence-corrected chi connectivity index (χ0v) is 16.2. The molecule has 3 rings (SSSR count). The fraction of sp³-hybridized carbons (Fsp3) is 0.143. The Morgan fingerprint density at radius 1 is 1.03 bits per heavy atom. The Hall–Kier alpha value is -4.14. The van der Waals surface area contributed by atoms with E-state index >= 15 is 0 Å². The van der Waals surface area contributed by atoms with Gasteiger partial charge in [0.05, 0.1) is 12.1 Å². The van der Waals surface area contributed by atoms with Gasteiger partial charge in [-0.1, -0.05) is 48.5 Å². The first-order chi connectivity index (χ1) is 14.4. The molecule has 1 aromatic heterocycles. The second kappa shape index (κ2) is 8.91. The molecule has 2 aromatic carbocycles. The first-order valence-electron chi connectivity index (χ1n) is 9.03. The highest BCUT2D eigenvalue weighted by molar-refractivity contribution is 5.98. The predicted octanol–water partition coefficient (Wildman–Crippen LogP) is 0.987. The molecule has 0 saturated carbocycles.